The lowest BCUT2D eigenvalue weighted by Crippen LogP contribution is -2.54. The van der Waals surface area contributed by atoms with Gasteiger partial charge in [-0.25, -0.2) is 0 Å². The number of rotatable bonds is 5. The molecule has 0 saturated heterocycles. The fraction of sp³-hybridized carbons (Fsp3) is 0.600. The quantitative estimate of drug-likeness (QED) is 0.827. The molecule has 0 bridgehead atoms. The molecule has 1 aliphatic heterocycles. The minimum absolute atomic E-state index is 0.00507. The van der Waals surface area contributed by atoms with E-state index in [2.05, 4.69) is 5.32 Å². The van der Waals surface area contributed by atoms with Crippen LogP contribution in [0.3, 0.4) is 0 Å². The molecule has 0 atom stereocenters. The Balaban J connectivity index is 1.56. The number of esters is 1. The number of benzene rings is 1. The van der Waals surface area contributed by atoms with Crippen LogP contribution in [0.5, 0.6) is 0 Å². The molecule has 0 spiro atoms. The first-order chi connectivity index (χ1) is 12.0. The summed E-state index contributed by atoms with van der Waals surface area (Å²) in [7, 11) is 0. The molecule has 5 nitrogen and oxygen atoms in total. The van der Waals surface area contributed by atoms with Crippen LogP contribution >= 0.6 is 0 Å². The Morgan fingerprint density at radius 2 is 1.96 bits per heavy atom. The maximum atomic E-state index is 12.7. The van der Waals surface area contributed by atoms with E-state index in [9.17, 15) is 9.59 Å². The number of anilines is 2. The molecule has 5 heteroatoms. The zero-order valence-electron chi connectivity index (χ0n) is 15.2. The Bertz CT molecular complexity index is 636. The highest BCUT2D eigenvalue weighted by Crippen LogP contribution is 2.34. The first-order valence-corrected chi connectivity index (χ1v) is 9.32. The van der Waals surface area contributed by atoms with E-state index in [1.54, 1.807) is 4.90 Å². The van der Waals surface area contributed by atoms with Gasteiger partial charge < -0.3 is 15.0 Å². The summed E-state index contributed by atoms with van der Waals surface area (Å²) in [5.74, 6) is 0.332. The van der Waals surface area contributed by atoms with Crippen LogP contribution in [0.25, 0.3) is 0 Å². The van der Waals surface area contributed by atoms with Crippen LogP contribution in [-0.2, 0) is 14.3 Å². The molecule has 1 saturated carbocycles. The van der Waals surface area contributed by atoms with E-state index in [1.165, 1.54) is 19.3 Å². The van der Waals surface area contributed by atoms with Gasteiger partial charge in [-0.3, -0.25) is 9.59 Å². The lowest BCUT2D eigenvalue weighted by molar-refractivity contribution is -0.145. The second-order valence-corrected chi connectivity index (χ2v) is 7.65. The zero-order chi connectivity index (χ0) is 17.9. The molecule has 1 amide bonds. The van der Waals surface area contributed by atoms with Crippen molar-refractivity contribution in [2.45, 2.75) is 57.9 Å². The lowest BCUT2D eigenvalue weighted by Gasteiger charge is -2.39. The third-order valence-electron chi connectivity index (χ3n) is 5.18. The van der Waals surface area contributed by atoms with Crippen molar-refractivity contribution in [2.24, 2.45) is 5.92 Å². The van der Waals surface area contributed by atoms with E-state index in [1.807, 2.05) is 38.1 Å². The van der Waals surface area contributed by atoms with Gasteiger partial charge in [0.25, 0.3) is 5.91 Å². The predicted molar refractivity (Wildman–Crippen MR) is 98.6 cm³/mol. The van der Waals surface area contributed by atoms with Gasteiger partial charge in [0.05, 0.1) is 17.9 Å². The average molecular weight is 344 g/mol. The van der Waals surface area contributed by atoms with Crippen LogP contribution < -0.4 is 10.2 Å². The molecule has 1 aromatic rings. The molecule has 136 valence electrons. The van der Waals surface area contributed by atoms with Gasteiger partial charge in [-0.1, -0.05) is 31.4 Å². The summed E-state index contributed by atoms with van der Waals surface area (Å²) >= 11 is 0. The predicted octanol–water partition coefficient (Wildman–Crippen LogP) is 3.74. The molecule has 0 unspecified atom stereocenters. The van der Waals surface area contributed by atoms with Crippen LogP contribution in [-0.4, -0.2) is 30.6 Å². The number of amides is 1. The van der Waals surface area contributed by atoms with E-state index in [-0.39, 0.29) is 18.5 Å². The van der Waals surface area contributed by atoms with Crippen LogP contribution in [0.1, 0.15) is 52.4 Å². The highest BCUT2D eigenvalue weighted by molar-refractivity contribution is 6.07. The summed E-state index contributed by atoms with van der Waals surface area (Å²) in [4.78, 5) is 26.5. The number of hydrogen-bond acceptors (Lipinski definition) is 4. The average Bonchev–Trinajstić information content (AvgIpc) is 2.59. The summed E-state index contributed by atoms with van der Waals surface area (Å²) in [5, 5.41) is 3.27. The molecular formula is C20H28N2O3. The minimum Gasteiger partial charge on any atom is -0.464 e. The van der Waals surface area contributed by atoms with Crippen molar-refractivity contribution in [3.63, 3.8) is 0 Å². The maximum absolute atomic E-state index is 12.7. The standard InChI is InChI=1S/C20H28N2O3/c1-20(2)19(24)22(17-11-7-6-10-16(17)21-20)12-13-25-18(23)14-15-8-4-3-5-9-15/h6-7,10-11,15,21H,3-5,8-9,12-14H2,1-2H3. The number of nitrogens with zero attached hydrogens (tertiary/aromatic N) is 1. The number of hydrogen-bond donors (Lipinski definition) is 1. The van der Waals surface area contributed by atoms with Gasteiger partial charge in [-0.15, -0.1) is 0 Å². The summed E-state index contributed by atoms with van der Waals surface area (Å²) < 4.78 is 5.43. The van der Waals surface area contributed by atoms with Gasteiger partial charge in [0.1, 0.15) is 12.1 Å². The highest BCUT2D eigenvalue weighted by atomic mass is 16.5. The second-order valence-electron chi connectivity index (χ2n) is 7.65. The van der Waals surface area contributed by atoms with Gasteiger partial charge >= 0.3 is 5.97 Å². The molecule has 3 rings (SSSR count). The third-order valence-corrected chi connectivity index (χ3v) is 5.18. The molecule has 0 aromatic heterocycles. The SMILES string of the molecule is CC1(C)Nc2ccccc2N(CCOC(=O)CC2CCCCC2)C1=O. The second kappa shape index (κ2) is 7.46. The number of para-hydroxylation sites is 2. The molecule has 1 N–H and O–H groups in total. The molecule has 1 aliphatic carbocycles. The molecular weight excluding hydrogens is 316 g/mol. The Morgan fingerprint density at radius 1 is 1.24 bits per heavy atom. The lowest BCUT2D eigenvalue weighted by atomic mass is 9.87. The van der Waals surface area contributed by atoms with Crippen molar-refractivity contribution >= 4 is 23.3 Å². The first-order valence-electron chi connectivity index (χ1n) is 9.32. The number of fused-ring (bicyclic) bond motifs is 1. The zero-order valence-corrected chi connectivity index (χ0v) is 15.2. The van der Waals surface area contributed by atoms with Crippen molar-refractivity contribution in [1.82, 2.24) is 0 Å². The minimum atomic E-state index is -0.666. The van der Waals surface area contributed by atoms with Crippen LogP contribution in [0.15, 0.2) is 24.3 Å². The molecule has 25 heavy (non-hydrogen) atoms. The topological polar surface area (TPSA) is 58.6 Å². The van der Waals surface area contributed by atoms with Gasteiger partial charge in [-0.2, -0.15) is 0 Å². The van der Waals surface area contributed by atoms with Gasteiger partial charge in [0, 0.05) is 6.42 Å². The maximum Gasteiger partial charge on any atom is 0.306 e. The van der Waals surface area contributed by atoms with E-state index >= 15 is 0 Å². The van der Waals surface area contributed by atoms with Crippen LogP contribution in [0.2, 0.25) is 0 Å². The van der Waals surface area contributed by atoms with Crippen LogP contribution in [0.4, 0.5) is 11.4 Å². The van der Waals surface area contributed by atoms with Gasteiger partial charge in [-0.05, 0) is 44.7 Å². The summed E-state index contributed by atoms with van der Waals surface area (Å²) in [6.07, 6.45) is 6.50. The van der Waals surface area contributed by atoms with Crippen molar-refractivity contribution in [1.29, 1.82) is 0 Å². The fourth-order valence-electron chi connectivity index (χ4n) is 3.81. The number of nitrogens with one attached hydrogen (secondary N) is 1. The molecule has 1 aromatic carbocycles. The molecule has 1 heterocycles. The van der Waals surface area contributed by atoms with Crippen molar-refractivity contribution < 1.29 is 14.3 Å². The summed E-state index contributed by atoms with van der Waals surface area (Å²) in [6, 6.07) is 7.74. The Kier molecular flexibility index (Phi) is 5.30. The Labute approximate surface area is 149 Å². The largest absolute Gasteiger partial charge is 0.464 e. The van der Waals surface area contributed by atoms with Crippen LogP contribution in [0, 0.1) is 5.92 Å². The fourth-order valence-corrected chi connectivity index (χ4v) is 3.81. The van der Waals surface area contributed by atoms with Crippen molar-refractivity contribution in [3.8, 4) is 0 Å². The Morgan fingerprint density at radius 3 is 2.72 bits per heavy atom. The van der Waals surface area contributed by atoms with E-state index in [4.69, 9.17) is 4.74 Å². The van der Waals surface area contributed by atoms with E-state index in [0.29, 0.717) is 18.9 Å². The van der Waals surface area contributed by atoms with Crippen molar-refractivity contribution in [3.05, 3.63) is 24.3 Å². The molecule has 1 fully saturated rings. The van der Waals surface area contributed by atoms with Gasteiger partial charge in [0.15, 0.2) is 0 Å². The highest BCUT2D eigenvalue weighted by Gasteiger charge is 2.38. The normalized spacial score (nSPS) is 19.9. The van der Waals surface area contributed by atoms with Crippen molar-refractivity contribution in [2.75, 3.05) is 23.4 Å². The smallest absolute Gasteiger partial charge is 0.306 e. The summed E-state index contributed by atoms with van der Waals surface area (Å²) in [6.45, 7) is 4.36. The van der Waals surface area contributed by atoms with E-state index < -0.39 is 5.54 Å². The number of carbonyl (C=O) groups is 2. The molecule has 0 radical (unpaired) electrons. The van der Waals surface area contributed by atoms with E-state index in [0.717, 1.165) is 24.2 Å². The first kappa shape index (κ1) is 17.8. The molecule has 2 aliphatic rings. The van der Waals surface area contributed by atoms with Gasteiger partial charge in [0.2, 0.25) is 0 Å². The number of ether oxygens (including phenoxy) is 1. The third kappa shape index (κ3) is 4.14. The number of carbonyl (C=O) groups excluding carboxylic acids is 2. The Hall–Kier alpha value is -2.04. The monoisotopic (exact) mass is 344 g/mol. The summed E-state index contributed by atoms with van der Waals surface area (Å²) in [5.41, 5.74) is 1.11.